The van der Waals surface area contributed by atoms with Crippen molar-refractivity contribution >= 4 is 10.0 Å². The molecule has 0 N–H and O–H groups in total. The maximum absolute atomic E-state index is 13.3. The van der Waals surface area contributed by atoms with E-state index in [-0.39, 0.29) is 17.5 Å². The third-order valence-corrected chi connectivity index (χ3v) is 8.26. The van der Waals surface area contributed by atoms with E-state index < -0.39 is 10.0 Å². The lowest BCUT2D eigenvalue weighted by Gasteiger charge is -2.45. The van der Waals surface area contributed by atoms with Crippen LogP contribution < -0.4 is 0 Å². The van der Waals surface area contributed by atoms with E-state index in [1.807, 2.05) is 4.31 Å². The quantitative estimate of drug-likeness (QED) is 0.831. The number of likely N-dealkylation sites (N-methyl/N-ethyl adjacent to an activating group) is 1. The van der Waals surface area contributed by atoms with Gasteiger partial charge in [0.05, 0.1) is 0 Å². The first-order valence-electron chi connectivity index (χ1n) is 8.58. The minimum Gasteiger partial charge on any atom is -0.301 e. The van der Waals surface area contributed by atoms with E-state index in [0.717, 1.165) is 25.8 Å². The van der Waals surface area contributed by atoms with Crippen molar-refractivity contribution in [2.45, 2.75) is 62.0 Å². The first-order valence-corrected chi connectivity index (χ1v) is 10.0. The van der Waals surface area contributed by atoms with Crippen molar-refractivity contribution in [3.8, 4) is 0 Å². The zero-order chi connectivity index (χ0) is 16.2. The number of hydrogen-bond donors (Lipinski definition) is 0. The molecule has 1 aliphatic carbocycles. The molecule has 2 bridgehead atoms. The number of pyridine rings is 1. The molecule has 0 aromatic carbocycles. The van der Waals surface area contributed by atoms with E-state index in [4.69, 9.17) is 0 Å². The van der Waals surface area contributed by atoms with Gasteiger partial charge in [-0.1, -0.05) is 19.8 Å². The molecular formula is C17H25N3O2S. The molecule has 1 aromatic heterocycles. The van der Waals surface area contributed by atoms with E-state index in [1.165, 1.54) is 19.0 Å². The topological polar surface area (TPSA) is 53.5 Å². The summed E-state index contributed by atoms with van der Waals surface area (Å²) in [4.78, 5) is 6.76. The smallest absolute Gasteiger partial charge is 0.245 e. The van der Waals surface area contributed by atoms with Crippen LogP contribution in [0.4, 0.5) is 0 Å². The van der Waals surface area contributed by atoms with Gasteiger partial charge in [-0.05, 0) is 38.4 Å². The second-order valence-corrected chi connectivity index (χ2v) is 9.49. The SMILES string of the molecule is CN1C[C@@H]2C[C@@]3(C)[C@H](CCCC[C@@H]13)N2S(=O)(=O)c1cccnc1. The summed E-state index contributed by atoms with van der Waals surface area (Å²) in [5, 5.41) is 0. The van der Waals surface area contributed by atoms with Crippen LogP contribution in [0.5, 0.6) is 0 Å². The Bertz CT molecular complexity index is 693. The summed E-state index contributed by atoms with van der Waals surface area (Å²) in [5.74, 6) is 0. The van der Waals surface area contributed by atoms with Crippen molar-refractivity contribution in [3.63, 3.8) is 0 Å². The number of piperidine rings is 1. The monoisotopic (exact) mass is 335 g/mol. The van der Waals surface area contributed by atoms with Crippen LogP contribution in [0.1, 0.15) is 39.0 Å². The average Bonchev–Trinajstić information content (AvgIpc) is 2.64. The van der Waals surface area contributed by atoms with Crippen molar-refractivity contribution in [3.05, 3.63) is 24.5 Å². The van der Waals surface area contributed by atoms with E-state index in [0.29, 0.717) is 10.9 Å². The fourth-order valence-electron chi connectivity index (χ4n) is 5.41. The average molecular weight is 335 g/mol. The van der Waals surface area contributed by atoms with Gasteiger partial charge in [0, 0.05) is 42.5 Å². The number of rotatable bonds is 2. The highest BCUT2D eigenvalue weighted by Gasteiger charge is 2.61. The van der Waals surface area contributed by atoms with Crippen molar-refractivity contribution in [1.29, 1.82) is 0 Å². The zero-order valence-electron chi connectivity index (χ0n) is 13.9. The first-order chi connectivity index (χ1) is 10.9. The lowest BCUT2D eigenvalue weighted by molar-refractivity contribution is 0.0587. The lowest BCUT2D eigenvalue weighted by Crippen LogP contribution is -2.51. The summed E-state index contributed by atoms with van der Waals surface area (Å²) in [6.07, 6.45) is 8.60. The summed E-state index contributed by atoms with van der Waals surface area (Å²) >= 11 is 0. The van der Waals surface area contributed by atoms with E-state index >= 15 is 0 Å². The van der Waals surface area contributed by atoms with Gasteiger partial charge in [0.25, 0.3) is 0 Å². The molecule has 4 rings (SSSR count). The van der Waals surface area contributed by atoms with Crippen molar-refractivity contribution in [2.75, 3.05) is 13.6 Å². The summed E-state index contributed by atoms with van der Waals surface area (Å²) < 4.78 is 28.5. The van der Waals surface area contributed by atoms with Crippen LogP contribution in [0.2, 0.25) is 0 Å². The van der Waals surface area contributed by atoms with Crippen LogP contribution in [-0.4, -0.2) is 54.3 Å². The molecule has 23 heavy (non-hydrogen) atoms. The van der Waals surface area contributed by atoms with Gasteiger partial charge in [0.15, 0.2) is 0 Å². The van der Waals surface area contributed by atoms with Crippen LogP contribution in [-0.2, 0) is 10.0 Å². The predicted octanol–water partition coefficient (Wildman–Crippen LogP) is 2.11. The molecule has 6 heteroatoms. The van der Waals surface area contributed by atoms with Gasteiger partial charge in [0.2, 0.25) is 10.0 Å². The van der Waals surface area contributed by atoms with Gasteiger partial charge in [0.1, 0.15) is 4.90 Å². The highest BCUT2D eigenvalue weighted by Crippen LogP contribution is 2.54. The normalized spacial score (nSPS) is 38.4. The van der Waals surface area contributed by atoms with Gasteiger partial charge in [-0.3, -0.25) is 4.98 Å². The number of fused-ring (bicyclic) bond motifs is 1. The molecule has 0 radical (unpaired) electrons. The van der Waals surface area contributed by atoms with Crippen molar-refractivity contribution in [1.82, 2.24) is 14.2 Å². The minimum absolute atomic E-state index is 0.0729. The number of nitrogens with zero attached hydrogens (tertiary/aromatic N) is 3. The predicted molar refractivity (Wildman–Crippen MR) is 88.4 cm³/mol. The molecule has 2 aliphatic heterocycles. The van der Waals surface area contributed by atoms with E-state index in [9.17, 15) is 8.42 Å². The summed E-state index contributed by atoms with van der Waals surface area (Å²) in [7, 11) is -1.31. The largest absolute Gasteiger partial charge is 0.301 e. The molecule has 5 nitrogen and oxygen atoms in total. The fraction of sp³-hybridized carbons (Fsp3) is 0.706. The molecule has 0 amide bonds. The molecule has 1 saturated carbocycles. The molecule has 3 fully saturated rings. The zero-order valence-corrected chi connectivity index (χ0v) is 14.7. The number of aromatic nitrogens is 1. The first kappa shape index (κ1) is 15.5. The van der Waals surface area contributed by atoms with Crippen LogP contribution in [0.15, 0.2) is 29.4 Å². The van der Waals surface area contributed by atoms with Gasteiger partial charge in [-0.2, -0.15) is 4.31 Å². The van der Waals surface area contributed by atoms with Crippen LogP contribution in [0.25, 0.3) is 0 Å². The van der Waals surface area contributed by atoms with E-state index in [1.54, 1.807) is 18.3 Å². The van der Waals surface area contributed by atoms with Crippen LogP contribution in [0.3, 0.4) is 0 Å². The Morgan fingerprint density at radius 1 is 1.26 bits per heavy atom. The second-order valence-electron chi connectivity index (χ2n) is 7.64. The summed E-state index contributed by atoms with van der Waals surface area (Å²) in [5.41, 5.74) is 0.0729. The third kappa shape index (κ3) is 2.18. The van der Waals surface area contributed by atoms with Gasteiger partial charge in [-0.25, -0.2) is 8.42 Å². The molecule has 1 aromatic rings. The molecular weight excluding hydrogens is 310 g/mol. The molecule has 4 atom stereocenters. The Balaban J connectivity index is 1.81. The van der Waals surface area contributed by atoms with Gasteiger partial charge >= 0.3 is 0 Å². The Morgan fingerprint density at radius 3 is 2.70 bits per heavy atom. The molecule has 3 heterocycles. The number of likely N-dealkylation sites (tertiary alicyclic amines) is 1. The molecule has 0 unspecified atom stereocenters. The summed E-state index contributed by atoms with van der Waals surface area (Å²) in [6, 6.07) is 4.09. The second kappa shape index (κ2) is 5.26. The highest BCUT2D eigenvalue weighted by molar-refractivity contribution is 7.89. The maximum atomic E-state index is 13.3. The minimum atomic E-state index is -3.48. The van der Waals surface area contributed by atoms with Gasteiger partial charge in [-0.15, -0.1) is 0 Å². The fourth-order valence-corrected chi connectivity index (χ4v) is 7.32. The summed E-state index contributed by atoms with van der Waals surface area (Å²) in [6.45, 7) is 3.16. The lowest BCUT2D eigenvalue weighted by atomic mass is 9.71. The van der Waals surface area contributed by atoms with Crippen molar-refractivity contribution in [2.24, 2.45) is 5.41 Å². The molecule has 126 valence electrons. The highest BCUT2D eigenvalue weighted by atomic mass is 32.2. The number of sulfonamides is 1. The number of hydrogen-bond acceptors (Lipinski definition) is 4. The molecule has 3 aliphatic rings. The van der Waals surface area contributed by atoms with Crippen LogP contribution >= 0.6 is 0 Å². The molecule has 0 spiro atoms. The Hall–Kier alpha value is -0.980. The molecule has 2 saturated heterocycles. The van der Waals surface area contributed by atoms with Gasteiger partial charge < -0.3 is 4.90 Å². The Labute approximate surface area is 138 Å². The van der Waals surface area contributed by atoms with Crippen molar-refractivity contribution < 1.29 is 8.42 Å². The third-order valence-electron chi connectivity index (χ3n) is 6.31. The van der Waals surface area contributed by atoms with Crippen LogP contribution in [0, 0.1) is 5.41 Å². The standard InChI is InChI=1S/C17H25N3O2S/c1-17-10-13-12-19(2)15(17)7-3-4-8-16(17)20(13)23(21,22)14-6-5-9-18-11-14/h5-6,9,11,13,15-16H,3-4,7-8,10,12H2,1-2H3/t13-,15+,16-,17+/m0/s1. The Kier molecular flexibility index (Phi) is 3.55. The maximum Gasteiger partial charge on any atom is 0.245 e. The van der Waals surface area contributed by atoms with E-state index in [2.05, 4.69) is 23.9 Å². The Morgan fingerprint density at radius 2 is 2.00 bits per heavy atom.